The maximum Gasteiger partial charge on any atom is 0.103 e. The van der Waals surface area contributed by atoms with E-state index in [-0.39, 0.29) is 12.3 Å². The normalized spacial score (nSPS) is 17.5. The van der Waals surface area contributed by atoms with Crippen molar-refractivity contribution in [1.29, 1.82) is 0 Å². The third kappa shape index (κ3) is 3.09. The molecule has 0 aromatic heterocycles. The predicted octanol–water partition coefficient (Wildman–Crippen LogP) is 1.25. The quantitative estimate of drug-likeness (QED) is 0.618. The summed E-state index contributed by atoms with van der Waals surface area (Å²) in [6, 6.07) is 0. The molecule has 0 bridgehead atoms. The van der Waals surface area contributed by atoms with Gasteiger partial charge in [0.2, 0.25) is 0 Å². The van der Waals surface area contributed by atoms with Gasteiger partial charge in [-0.2, -0.15) is 0 Å². The van der Waals surface area contributed by atoms with E-state index in [2.05, 4.69) is 0 Å². The molecule has 12 heavy (non-hydrogen) atoms. The van der Waals surface area contributed by atoms with Gasteiger partial charge in [-0.05, 0) is 26.7 Å². The summed E-state index contributed by atoms with van der Waals surface area (Å²) in [5.74, 6) is 0. The van der Waals surface area contributed by atoms with Crippen molar-refractivity contribution in [3.63, 3.8) is 0 Å². The lowest BCUT2D eigenvalue weighted by Gasteiger charge is -2.33. The van der Waals surface area contributed by atoms with Gasteiger partial charge in [0.25, 0.3) is 0 Å². The van der Waals surface area contributed by atoms with Crippen LogP contribution in [-0.2, 0) is 4.74 Å². The highest BCUT2D eigenvalue weighted by atomic mass is 16.5. The van der Waals surface area contributed by atoms with Gasteiger partial charge in [0.1, 0.15) is 6.23 Å². The number of nitrogens with two attached hydrogens (primary N) is 1. The maximum absolute atomic E-state index is 9.97. The van der Waals surface area contributed by atoms with Crippen molar-refractivity contribution in [3.8, 4) is 0 Å². The zero-order chi connectivity index (χ0) is 9.78. The fraction of sp³-hybridized carbons (Fsp3) is 1.00. The molecule has 0 radical (unpaired) electrons. The summed E-state index contributed by atoms with van der Waals surface area (Å²) in [5, 5.41) is 9.97. The Balaban J connectivity index is 4.11. The van der Waals surface area contributed by atoms with E-state index in [1.165, 1.54) is 0 Å². The van der Waals surface area contributed by atoms with Crippen LogP contribution in [-0.4, -0.2) is 23.0 Å². The Bertz CT molecular complexity index is 122. The lowest BCUT2D eigenvalue weighted by molar-refractivity contribution is -0.124. The molecular weight excluding hydrogens is 154 g/mol. The molecule has 0 spiro atoms. The third-order valence-electron chi connectivity index (χ3n) is 2.40. The molecular formula is C9H21NO2. The molecule has 3 nitrogen and oxygen atoms in total. The molecule has 74 valence electrons. The molecule has 1 unspecified atom stereocenters. The molecule has 0 amide bonds. The summed E-state index contributed by atoms with van der Waals surface area (Å²) in [6.07, 6.45) is 0.867. The number of hydrogen-bond donors (Lipinski definition) is 2. The van der Waals surface area contributed by atoms with Crippen molar-refractivity contribution < 1.29 is 9.84 Å². The average Bonchev–Trinajstić information content (AvgIpc) is 2.02. The van der Waals surface area contributed by atoms with Gasteiger partial charge in [-0.15, -0.1) is 0 Å². The summed E-state index contributed by atoms with van der Waals surface area (Å²) in [5.41, 5.74) is 4.74. The number of ether oxygens (including phenoxy) is 1. The first-order valence-corrected chi connectivity index (χ1v) is 4.59. The number of aliphatic hydroxyl groups is 1. The van der Waals surface area contributed by atoms with Crippen LogP contribution in [0.25, 0.3) is 0 Å². The molecule has 0 aliphatic carbocycles. The minimum atomic E-state index is -0.729. The van der Waals surface area contributed by atoms with E-state index in [0.29, 0.717) is 12.8 Å². The molecule has 0 aliphatic heterocycles. The monoisotopic (exact) mass is 175 g/mol. The van der Waals surface area contributed by atoms with Crippen molar-refractivity contribution >= 4 is 0 Å². The third-order valence-corrected chi connectivity index (χ3v) is 2.40. The van der Waals surface area contributed by atoms with E-state index in [1.807, 2.05) is 20.8 Å². The lowest BCUT2D eigenvalue weighted by atomic mass is 9.92. The standard InChI is InChI=1S/C9H21NO2/c1-5-9(11,6-2)7(3)12-8(4)10/h7-8,11H,5-6,10H2,1-4H3/t7-,8?/m1/s1. The topological polar surface area (TPSA) is 55.5 Å². The van der Waals surface area contributed by atoms with Crippen molar-refractivity contribution in [2.75, 3.05) is 0 Å². The van der Waals surface area contributed by atoms with Crippen LogP contribution in [0.1, 0.15) is 40.5 Å². The molecule has 0 saturated heterocycles. The zero-order valence-corrected chi connectivity index (χ0v) is 8.50. The largest absolute Gasteiger partial charge is 0.387 e. The van der Waals surface area contributed by atoms with Crippen molar-refractivity contribution in [1.82, 2.24) is 0 Å². The van der Waals surface area contributed by atoms with Crippen LogP contribution in [0.15, 0.2) is 0 Å². The number of hydrogen-bond acceptors (Lipinski definition) is 3. The highest BCUT2D eigenvalue weighted by Gasteiger charge is 2.31. The van der Waals surface area contributed by atoms with E-state index in [0.717, 1.165) is 0 Å². The van der Waals surface area contributed by atoms with E-state index in [9.17, 15) is 5.11 Å². The van der Waals surface area contributed by atoms with Gasteiger partial charge in [0.15, 0.2) is 0 Å². The molecule has 0 aromatic carbocycles. The highest BCUT2D eigenvalue weighted by Crippen LogP contribution is 2.22. The Morgan fingerprint density at radius 2 is 1.75 bits per heavy atom. The van der Waals surface area contributed by atoms with E-state index in [4.69, 9.17) is 10.5 Å². The Hall–Kier alpha value is -0.120. The van der Waals surface area contributed by atoms with Crippen LogP contribution < -0.4 is 5.73 Å². The summed E-state index contributed by atoms with van der Waals surface area (Å²) in [6.45, 7) is 7.52. The van der Waals surface area contributed by atoms with Gasteiger partial charge in [-0.3, -0.25) is 0 Å². The molecule has 2 atom stereocenters. The minimum absolute atomic E-state index is 0.201. The van der Waals surface area contributed by atoms with E-state index >= 15 is 0 Å². The Morgan fingerprint density at radius 3 is 2.00 bits per heavy atom. The molecule has 0 saturated carbocycles. The first kappa shape index (κ1) is 11.9. The molecule has 3 heteroatoms. The summed E-state index contributed by atoms with van der Waals surface area (Å²) in [4.78, 5) is 0. The second-order valence-electron chi connectivity index (χ2n) is 3.29. The Kier molecular flexibility index (Phi) is 4.75. The van der Waals surface area contributed by atoms with Crippen LogP contribution in [0.3, 0.4) is 0 Å². The van der Waals surface area contributed by atoms with Gasteiger partial charge >= 0.3 is 0 Å². The average molecular weight is 175 g/mol. The number of rotatable bonds is 5. The van der Waals surface area contributed by atoms with Crippen LogP contribution in [0.5, 0.6) is 0 Å². The Labute approximate surface area is 74.9 Å². The van der Waals surface area contributed by atoms with Gasteiger partial charge in [0, 0.05) is 0 Å². The zero-order valence-electron chi connectivity index (χ0n) is 8.50. The summed E-state index contributed by atoms with van der Waals surface area (Å²) < 4.78 is 5.32. The van der Waals surface area contributed by atoms with Gasteiger partial charge < -0.3 is 15.6 Å². The fourth-order valence-electron chi connectivity index (χ4n) is 1.27. The van der Waals surface area contributed by atoms with Gasteiger partial charge in [0.05, 0.1) is 11.7 Å². The van der Waals surface area contributed by atoms with Crippen LogP contribution in [0.4, 0.5) is 0 Å². The second-order valence-corrected chi connectivity index (χ2v) is 3.29. The predicted molar refractivity (Wildman–Crippen MR) is 49.7 cm³/mol. The van der Waals surface area contributed by atoms with Crippen LogP contribution >= 0.6 is 0 Å². The highest BCUT2D eigenvalue weighted by molar-refractivity contribution is 4.82. The van der Waals surface area contributed by atoms with Gasteiger partial charge in [-0.25, -0.2) is 0 Å². The minimum Gasteiger partial charge on any atom is -0.387 e. The van der Waals surface area contributed by atoms with Crippen molar-refractivity contribution in [2.45, 2.75) is 58.5 Å². The second kappa shape index (κ2) is 4.80. The summed E-state index contributed by atoms with van der Waals surface area (Å²) in [7, 11) is 0. The first-order valence-electron chi connectivity index (χ1n) is 4.59. The van der Waals surface area contributed by atoms with Crippen LogP contribution in [0, 0.1) is 0 Å². The summed E-state index contributed by atoms with van der Waals surface area (Å²) >= 11 is 0. The van der Waals surface area contributed by atoms with Gasteiger partial charge in [-0.1, -0.05) is 13.8 Å². The first-order chi connectivity index (χ1) is 5.46. The van der Waals surface area contributed by atoms with E-state index in [1.54, 1.807) is 6.92 Å². The van der Waals surface area contributed by atoms with Crippen LogP contribution in [0.2, 0.25) is 0 Å². The SMILES string of the molecule is CCC(O)(CC)[C@@H](C)OC(C)N. The van der Waals surface area contributed by atoms with E-state index < -0.39 is 5.60 Å². The molecule has 0 fully saturated rings. The lowest BCUT2D eigenvalue weighted by Crippen LogP contribution is -2.43. The smallest absolute Gasteiger partial charge is 0.103 e. The fourth-order valence-corrected chi connectivity index (χ4v) is 1.27. The van der Waals surface area contributed by atoms with Crippen molar-refractivity contribution in [2.24, 2.45) is 5.73 Å². The molecule has 0 rings (SSSR count). The van der Waals surface area contributed by atoms with Crippen molar-refractivity contribution in [3.05, 3.63) is 0 Å². The maximum atomic E-state index is 9.97. The molecule has 0 aliphatic rings. The molecule has 0 aromatic rings. The molecule has 0 heterocycles. The molecule has 3 N–H and O–H groups in total. The Morgan fingerprint density at radius 1 is 1.33 bits per heavy atom.